The number of thiophene rings is 1. The van der Waals surface area contributed by atoms with E-state index < -0.39 is 6.04 Å². The molecule has 0 aliphatic carbocycles. The molecule has 2 heterocycles. The van der Waals surface area contributed by atoms with Gasteiger partial charge in [0.1, 0.15) is 12.6 Å². The van der Waals surface area contributed by atoms with Gasteiger partial charge >= 0.3 is 0 Å². The van der Waals surface area contributed by atoms with Gasteiger partial charge in [0.05, 0.1) is 15.8 Å². The van der Waals surface area contributed by atoms with Crippen molar-refractivity contribution in [3.8, 4) is 0 Å². The van der Waals surface area contributed by atoms with Crippen molar-refractivity contribution in [2.45, 2.75) is 25.8 Å². The van der Waals surface area contributed by atoms with Gasteiger partial charge in [-0.2, -0.15) is 0 Å². The summed E-state index contributed by atoms with van der Waals surface area (Å²) in [7, 11) is 0. The second-order valence-corrected chi connectivity index (χ2v) is 8.80. The highest BCUT2D eigenvalue weighted by molar-refractivity contribution is 7.18. The van der Waals surface area contributed by atoms with Crippen LogP contribution in [0, 0.1) is 6.92 Å². The Morgan fingerprint density at radius 3 is 2.81 bits per heavy atom. The average Bonchev–Trinajstić information content (AvgIpc) is 3.18. The second-order valence-electron chi connectivity index (χ2n) is 7.08. The van der Waals surface area contributed by atoms with E-state index in [0.717, 1.165) is 22.6 Å². The number of morpholine rings is 1. The number of aryl methyl sites for hydroxylation is 1. The monoisotopic (exact) mass is 461 g/mol. The number of hydrogen-bond donors (Lipinski definition) is 2. The highest BCUT2D eigenvalue weighted by atomic mass is 35.5. The van der Waals surface area contributed by atoms with Crippen molar-refractivity contribution in [1.29, 1.82) is 0 Å². The third-order valence-corrected chi connectivity index (χ3v) is 6.05. The van der Waals surface area contributed by atoms with Gasteiger partial charge in [0, 0.05) is 17.9 Å². The lowest BCUT2D eigenvalue weighted by Gasteiger charge is -2.28. The maximum Gasteiger partial charge on any atom is 0.262 e. The first-order chi connectivity index (χ1) is 14.9. The predicted molar refractivity (Wildman–Crippen MR) is 123 cm³/mol. The topological polar surface area (TPSA) is 87.7 Å². The van der Waals surface area contributed by atoms with Gasteiger partial charge in [-0.05, 0) is 55.7 Å². The summed E-state index contributed by atoms with van der Waals surface area (Å²) in [6.45, 7) is 6.62. The molecule has 2 N–H and O–H groups in total. The number of rotatable bonds is 8. The number of hydrogen-bond acceptors (Lipinski definition) is 5. The van der Waals surface area contributed by atoms with Gasteiger partial charge in [0.15, 0.2) is 0 Å². The van der Waals surface area contributed by atoms with Gasteiger partial charge in [0.2, 0.25) is 5.91 Å². The van der Waals surface area contributed by atoms with Crippen LogP contribution in [-0.2, 0) is 14.3 Å². The number of nitrogens with zero attached hydrogens (tertiary/aromatic N) is 1. The minimum absolute atomic E-state index is 0.0675. The highest BCUT2D eigenvalue weighted by Gasteiger charge is 2.24. The third kappa shape index (κ3) is 5.94. The highest BCUT2D eigenvalue weighted by Crippen LogP contribution is 2.25. The molecule has 1 aliphatic rings. The minimum atomic E-state index is -0.729. The van der Waals surface area contributed by atoms with Crippen LogP contribution in [0.25, 0.3) is 0 Å². The number of anilines is 2. The molecule has 1 aliphatic heterocycles. The predicted octanol–water partition coefficient (Wildman–Crippen LogP) is 3.78. The van der Waals surface area contributed by atoms with E-state index >= 15 is 0 Å². The van der Waals surface area contributed by atoms with E-state index in [1.54, 1.807) is 41.3 Å². The van der Waals surface area contributed by atoms with Crippen LogP contribution in [0.5, 0.6) is 0 Å². The molecule has 1 aromatic carbocycles. The summed E-state index contributed by atoms with van der Waals surface area (Å²) >= 11 is 7.06. The zero-order chi connectivity index (χ0) is 22.4. The minimum Gasteiger partial charge on any atom is -0.370 e. The lowest BCUT2D eigenvalue weighted by molar-refractivity contribution is -0.125. The van der Waals surface area contributed by atoms with Gasteiger partial charge in [-0.3, -0.25) is 14.4 Å². The second kappa shape index (κ2) is 10.6. The summed E-state index contributed by atoms with van der Waals surface area (Å²) in [4.78, 5) is 39.6. The van der Waals surface area contributed by atoms with E-state index in [4.69, 9.17) is 16.3 Å². The van der Waals surface area contributed by atoms with Crippen molar-refractivity contribution in [3.63, 3.8) is 0 Å². The van der Waals surface area contributed by atoms with Gasteiger partial charge in [0.25, 0.3) is 11.8 Å². The summed E-state index contributed by atoms with van der Waals surface area (Å²) in [6.07, 6.45) is 2.69. The van der Waals surface area contributed by atoms with Crippen molar-refractivity contribution < 1.29 is 19.1 Å². The van der Waals surface area contributed by atoms with Crippen LogP contribution >= 0.6 is 22.9 Å². The zero-order valence-electron chi connectivity index (χ0n) is 17.2. The SMILES string of the molecule is C=CCC[C@@H](NC(=O)c1ccc(Cl)s1)C(=O)Nc1ccc(N2CCOCC2=O)c(C)c1. The molecular weight excluding hydrogens is 438 g/mol. The fourth-order valence-electron chi connectivity index (χ4n) is 3.26. The standard InChI is InChI=1S/C22H24ClN3O4S/c1-3-4-5-16(25-22(29)18-8-9-19(23)31-18)21(28)24-15-6-7-17(14(2)12-15)26-10-11-30-13-20(26)27/h3,6-9,12,16H,1,4-5,10-11,13H2,2H3,(H,24,28)(H,25,29)/t16-/m1/s1. The molecule has 9 heteroatoms. The maximum absolute atomic E-state index is 12.9. The normalized spacial score (nSPS) is 14.8. The zero-order valence-corrected chi connectivity index (χ0v) is 18.7. The van der Waals surface area contributed by atoms with Crippen LogP contribution in [0.3, 0.4) is 0 Å². The fourth-order valence-corrected chi connectivity index (χ4v) is 4.20. The van der Waals surface area contributed by atoms with E-state index in [-0.39, 0.29) is 24.3 Å². The van der Waals surface area contributed by atoms with E-state index in [1.165, 1.54) is 0 Å². The Balaban J connectivity index is 1.70. The van der Waals surface area contributed by atoms with Crippen molar-refractivity contribution in [2.75, 3.05) is 30.0 Å². The molecule has 1 atom stereocenters. The molecule has 1 saturated heterocycles. The summed E-state index contributed by atoms with van der Waals surface area (Å²) in [6, 6.07) is 7.89. The molecule has 3 amide bonds. The van der Waals surface area contributed by atoms with E-state index in [1.807, 2.05) is 6.92 Å². The smallest absolute Gasteiger partial charge is 0.262 e. The first-order valence-corrected chi connectivity index (χ1v) is 11.0. The maximum atomic E-state index is 12.9. The Morgan fingerprint density at radius 1 is 1.35 bits per heavy atom. The van der Waals surface area contributed by atoms with Crippen molar-refractivity contribution in [1.82, 2.24) is 5.32 Å². The molecule has 2 aromatic rings. The molecule has 0 saturated carbocycles. The Morgan fingerprint density at radius 2 is 2.16 bits per heavy atom. The molecule has 31 heavy (non-hydrogen) atoms. The number of halogens is 1. The molecule has 164 valence electrons. The largest absolute Gasteiger partial charge is 0.370 e. The first kappa shape index (κ1) is 23.0. The van der Waals surface area contributed by atoms with Crippen molar-refractivity contribution in [3.05, 3.63) is 57.8 Å². The molecule has 0 bridgehead atoms. The summed E-state index contributed by atoms with van der Waals surface area (Å²) < 4.78 is 5.68. The number of ether oxygens (including phenoxy) is 1. The molecule has 0 radical (unpaired) electrons. The number of nitrogens with one attached hydrogen (secondary N) is 2. The lowest BCUT2D eigenvalue weighted by atomic mass is 10.1. The quantitative estimate of drug-likeness (QED) is 0.585. The van der Waals surface area contributed by atoms with Gasteiger partial charge in [-0.15, -0.1) is 17.9 Å². The Hall–Kier alpha value is -2.68. The van der Waals surface area contributed by atoms with E-state index in [0.29, 0.717) is 40.9 Å². The third-order valence-electron chi connectivity index (χ3n) is 4.82. The number of amides is 3. The van der Waals surface area contributed by atoms with E-state index in [9.17, 15) is 14.4 Å². The van der Waals surface area contributed by atoms with Crippen LogP contribution in [-0.4, -0.2) is 43.5 Å². The molecule has 7 nitrogen and oxygen atoms in total. The number of benzene rings is 1. The average molecular weight is 462 g/mol. The van der Waals surface area contributed by atoms with Crippen LogP contribution in [0.2, 0.25) is 4.34 Å². The molecule has 0 unspecified atom stereocenters. The number of allylic oxidation sites excluding steroid dienone is 1. The Bertz CT molecular complexity index is 991. The molecule has 1 fully saturated rings. The molecule has 0 spiro atoms. The van der Waals surface area contributed by atoms with Gasteiger partial charge < -0.3 is 20.3 Å². The van der Waals surface area contributed by atoms with E-state index in [2.05, 4.69) is 17.2 Å². The van der Waals surface area contributed by atoms with Gasteiger partial charge in [-0.25, -0.2) is 0 Å². The number of carbonyl (C=O) groups is 3. The Kier molecular flexibility index (Phi) is 7.84. The van der Waals surface area contributed by atoms with Crippen LogP contribution in [0.15, 0.2) is 43.0 Å². The molecule has 1 aromatic heterocycles. The molecular formula is C22H24ClN3O4S. The summed E-state index contributed by atoms with van der Waals surface area (Å²) in [5, 5.41) is 5.63. The fraction of sp³-hybridized carbons (Fsp3) is 0.318. The first-order valence-electron chi connectivity index (χ1n) is 9.85. The van der Waals surface area contributed by atoms with Crippen LogP contribution in [0.1, 0.15) is 28.1 Å². The summed E-state index contributed by atoms with van der Waals surface area (Å²) in [5.41, 5.74) is 2.23. The van der Waals surface area contributed by atoms with Crippen LogP contribution in [0.4, 0.5) is 11.4 Å². The van der Waals surface area contributed by atoms with Gasteiger partial charge in [-0.1, -0.05) is 17.7 Å². The Labute approximate surface area is 190 Å². The van der Waals surface area contributed by atoms with Crippen molar-refractivity contribution in [2.24, 2.45) is 0 Å². The molecule has 3 rings (SSSR count). The lowest BCUT2D eigenvalue weighted by Crippen LogP contribution is -2.43. The number of carbonyl (C=O) groups excluding carboxylic acids is 3. The summed E-state index contributed by atoms with van der Waals surface area (Å²) in [5.74, 6) is -0.766. The van der Waals surface area contributed by atoms with Crippen molar-refractivity contribution >= 4 is 52.0 Å². The van der Waals surface area contributed by atoms with Crippen LogP contribution < -0.4 is 15.5 Å².